The summed E-state index contributed by atoms with van der Waals surface area (Å²) in [6.07, 6.45) is 1.90. The van der Waals surface area contributed by atoms with E-state index in [0.29, 0.717) is 5.95 Å². The first-order chi connectivity index (χ1) is 29.0. The minimum absolute atomic E-state index is 0.0934. The van der Waals surface area contributed by atoms with Gasteiger partial charge in [-0.3, -0.25) is 4.57 Å². The van der Waals surface area contributed by atoms with Crippen LogP contribution >= 0.6 is 0 Å². The molecule has 3 aromatic heterocycles. The summed E-state index contributed by atoms with van der Waals surface area (Å²) >= 11 is 0. The lowest BCUT2D eigenvalue weighted by molar-refractivity contribution is 0.660. The van der Waals surface area contributed by atoms with Crippen molar-refractivity contribution in [2.24, 2.45) is 0 Å². The molecule has 0 unspecified atom stereocenters. The second-order valence-corrected chi connectivity index (χ2v) is 16.3. The lowest BCUT2D eigenvalue weighted by Gasteiger charge is -2.21. The monoisotopic (exact) mass is 754 g/mol. The lowest BCUT2D eigenvalue weighted by Crippen LogP contribution is -2.14. The Kier molecular flexibility index (Phi) is 7.24. The molecule has 0 saturated carbocycles. The van der Waals surface area contributed by atoms with Gasteiger partial charge in [-0.25, -0.2) is 9.97 Å². The van der Waals surface area contributed by atoms with E-state index in [-0.39, 0.29) is 5.41 Å². The van der Waals surface area contributed by atoms with Crippen LogP contribution in [0, 0.1) is 0 Å². The van der Waals surface area contributed by atoms with Crippen molar-refractivity contribution in [3.8, 4) is 56.3 Å². The van der Waals surface area contributed by atoms with E-state index in [1.807, 2.05) is 12.3 Å². The van der Waals surface area contributed by atoms with Crippen LogP contribution in [0.1, 0.15) is 25.0 Å². The summed E-state index contributed by atoms with van der Waals surface area (Å²) in [5.41, 5.74) is 17.7. The molecule has 0 saturated heterocycles. The first kappa shape index (κ1) is 33.6. The molecule has 8 aromatic carbocycles. The topological polar surface area (TPSA) is 35.6 Å². The second kappa shape index (κ2) is 12.7. The van der Waals surface area contributed by atoms with Crippen molar-refractivity contribution in [3.05, 3.63) is 205 Å². The van der Waals surface area contributed by atoms with Crippen molar-refractivity contribution in [1.29, 1.82) is 0 Å². The lowest BCUT2D eigenvalue weighted by atomic mass is 9.82. The fourth-order valence-electron chi connectivity index (χ4n) is 9.73. The van der Waals surface area contributed by atoms with Crippen molar-refractivity contribution in [2.75, 3.05) is 0 Å². The Bertz CT molecular complexity index is 3460. The van der Waals surface area contributed by atoms with Crippen molar-refractivity contribution in [3.63, 3.8) is 0 Å². The van der Waals surface area contributed by atoms with Crippen LogP contribution in [0.2, 0.25) is 0 Å². The van der Waals surface area contributed by atoms with Gasteiger partial charge in [-0.15, -0.1) is 0 Å². The van der Waals surface area contributed by atoms with Crippen LogP contribution in [0.3, 0.4) is 0 Å². The van der Waals surface area contributed by atoms with Gasteiger partial charge in [0.2, 0.25) is 5.95 Å². The third kappa shape index (κ3) is 5.09. The highest BCUT2D eigenvalue weighted by Gasteiger charge is 2.35. The number of hydrogen-bond acceptors (Lipinski definition) is 2. The Hall–Kier alpha value is -7.56. The van der Waals surface area contributed by atoms with Crippen LogP contribution in [-0.4, -0.2) is 19.1 Å². The summed E-state index contributed by atoms with van der Waals surface area (Å²) < 4.78 is 4.58. The summed E-state index contributed by atoms with van der Waals surface area (Å²) in [5, 5.41) is 4.83. The van der Waals surface area contributed by atoms with E-state index >= 15 is 0 Å². The van der Waals surface area contributed by atoms with E-state index in [1.165, 1.54) is 77.1 Å². The molecule has 0 atom stereocenters. The maximum Gasteiger partial charge on any atom is 0.235 e. The minimum atomic E-state index is -0.0934. The SMILES string of the molecule is CC1(C)c2ccc(-c3ccccc3)cc2-c2cc(-c3ccnc(-n4c5ccccc5c5cc(-c6ccc7c(c6)c6ccccc6n7-c6ccccc6)ccc54)n3)ccc21. The number of para-hydroxylation sites is 3. The Balaban J connectivity index is 0.963. The molecule has 0 fully saturated rings. The minimum Gasteiger partial charge on any atom is -0.309 e. The van der Waals surface area contributed by atoms with Gasteiger partial charge >= 0.3 is 0 Å². The average molecular weight is 755 g/mol. The van der Waals surface area contributed by atoms with Crippen LogP contribution in [0.25, 0.3) is 99.9 Å². The van der Waals surface area contributed by atoms with Gasteiger partial charge in [0.1, 0.15) is 0 Å². The summed E-state index contributed by atoms with van der Waals surface area (Å²) in [7, 11) is 0. The fraction of sp³-hybridized carbons (Fsp3) is 0.0545. The fourth-order valence-corrected chi connectivity index (χ4v) is 9.73. The van der Waals surface area contributed by atoms with Crippen LogP contribution < -0.4 is 0 Å². The first-order valence-corrected chi connectivity index (χ1v) is 20.3. The molecule has 0 amide bonds. The number of nitrogens with zero attached hydrogens (tertiary/aromatic N) is 4. The molecule has 11 aromatic rings. The Morgan fingerprint density at radius 3 is 1.54 bits per heavy atom. The molecule has 0 radical (unpaired) electrons. The predicted molar refractivity (Wildman–Crippen MR) is 245 cm³/mol. The van der Waals surface area contributed by atoms with Crippen molar-refractivity contribution >= 4 is 43.6 Å². The summed E-state index contributed by atoms with van der Waals surface area (Å²) in [4.78, 5) is 10.2. The second-order valence-electron chi connectivity index (χ2n) is 16.3. The van der Waals surface area contributed by atoms with Crippen molar-refractivity contribution in [2.45, 2.75) is 19.3 Å². The average Bonchev–Trinajstić information content (AvgIpc) is 3.89. The van der Waals surface area contributed by atoms with Gasteiger partial charge in [-0.2, -0.15) is 0 Å². The smallest absolute Gasteiger partial charge is 0.235 e. The maximum absolute atomic E-state index is 5.29. The summed E-state index contributed by atoms with van der Waals surface area (Å²) in [6, 6.07) is 68.1. The van der Waals surface area contributed by atoms with Gasteiger partial charge in [0, 0.05) is 44.4 Å². The highest BCUT2D eigenvalue weighted by atomic mass is 15.2. The number of fused-ring (bicyclic) bond motifs is 9. The summed E-state index contributed by atoms with van der Waals surface area (Å²) in [5.74, 6) is 0.657. The van der Waals surface area contributed by atoms with E-state index in [4.69, 9.17) is 9.97 Å². The van der Waals surface area contributed by atoms with Crippen LogP contribution in [-0.2, 0) is 5.41 Å². The van der Waals surface area contributed by atoms with Gasteiger partial charge in [-0.05, 0) is 111 Å². The van der Waals surface area contributed by atoms with Gasteiger partial charge in [0.05, 0.1) is 27.8 Å². The molecule has 1 aliphatic rings. The van der Waals surface area contributed by atoms with Crippen molar-refractivity contribution < 1.29 is 0 Å². The zero-order valence-electron chi connectivity index (χ0n) is 32.8. The third-order valence-corrected chi connectivity index (χ3v) is 12.6. The zero-order chi connectivity index (χ0) is 39.2. The summed E-state index contributed by atoms with van der Waals surface area (Å²) in [6.45, 7) is 4.66. The van der Waals surface area contributed by atoms with Crippen LogP contribution in [0.5, 0.6) is 0 Å². The first-order valence-electron chi connectivity index (χ1n) is 20.3. The number of benzene rings is 8. The Labute approximate surface area is 342 Å². The van der Waals surface area contributed by atoms with Crippen LogP contribution in [0.4, 0.5) is 0 Å². The molecular weight excluding hydrogens is 717 g/mol. The third-order valence-electron chi connectivity index (χ3n) is 12.6. The van der Waals surface area contributed by atoms with E-state index < -0.39 is 0 Å². The molecule has 4 nitrogen and oxygen atoms in total. The molecule has 12 rings (SSSR count). The molecule has 278 valence electrons. The van der Waals surface area contributed by atoms with Gasteiger partial charge in [0.15, 0.2) is 0 Å². The largest absolute Gasteiger partial charge is 0.309 e. The molecule has 0 spiro atoms. The van der Waals surface area contributed by atoms with E-state index in [1.54, 1.807) is 0 Å². The molecule has 59 heavy (non-hydrogen) atoms. The number of aromatic nitrogens is 4. The van der Waals surface area contributed by atoms with Crippen molar-refractivity contribution in [1.82, 2.24) is 19.1 Å². The number of rotatable bonds is 5. The van der Waals surface area contributed by atoms with Gasteiger partial charge in [0.25, 0.3) is 0 Å². The van der Waals surface area contributed by atoms with Gasteiger partial charge in [-0.1, -0.05) is 135 Å². The highest BCUT2D eigenvalue weighted by Crippen LogP contribution is 2.50. The standard InChI is InChI=1S/C55H38N4/c1-55(2)47-25-21-36(35-13-5-3-6-14-35)31-43(47)44-34-39(22-26-48(44)55)49-29-30-56-54(57-49)59-51-20-12-10-18-42(51)46-33-38(24-28-53(46)59)37-23-27-52-45(32-37)41-17-9-11-19-50(41)58(52)40-15-7-4-8-16-40/h3-34H,1-2H3. The number of hydrogen-bond donors (Lipinski definition) is 0. The molecule has 0 N–H and O–H groups in total. The normalized spacial score (nSPS) is 13.1. The molecule has 0 bridgehead atoms. The molecule has 1 aliphatic carbocycles. The van der Waals surface area contributed by atoms with Crippen LogP contribution in [0.15, 0.2) is 194 Å². The maximum atomic E-state index is 5.29. The predicted octanol–water partition coefficient (Wildman–Crippen LogP) is 14.0. The van der Waals surface area contributed by atoms with E-state index in [2.05, 4.69) is 205 Å². The van der Waals surface area contributed by atoms with Gasteiger partial charge < -0.3 is 4.57 Å². The quantitative estimate of drug-likeness (QED) is 0.175. The highest BCUT2D eigenvalue weighted by molar-refractivity contribution is 6.12. The Morgan fingerprint density at radius 1 is 0.390 bits per heavy atom. The molecular formula is C55H38N4. The molecule has 3 heterocycles. The molecule has 0 aliphatic heterocycles. The molecule has 4 heteroatoms. The van der Waals surface area contributed by atoms with E-state index in [9.17, 15) is 0 Å². The van der Waals surface area contributed by atoms with E-state index in [0.717, 1.165) is 28.0 Å². The Morgan fingerprint density at radius 2 is 0.881 bits per heavy atom. The zero-order valence-corrected chi connectivity index (χ0v) is 32.8.